The van der Waals surface area contributed by atoms with Crippen molar-refractivity contribution in [3.8, 4) is 11.8 Å². The molecule has 1 aromatic rings. The molecule has 0 aromatic heterocycles. The number of benzene rings is 1. The summed E-state index contributed by atoms with van der Waals surface area (Å²) < 4.78 is 0. The number of rotatable bonds is 5. The molecule has 0 radical (unpaired) electrons. The summed E-state index contributed by atoms with van der Waals surface area (Å²) in [4.78, 5) is 11.1. The Morgan fingerprint density at radius 3 is 2.71 bits per heavy atom. The highest BCUT2D eigenvalue weighted by molar-refractivity contribution is 5.75. The molecule has 1 aromatic carbocycles. The van der Waals surface area contributed by atoms with Gasteiger partial charge in [0.05, 0.1) is 0 Å². The van der Waals surface area contributed by atoms with Crippen molar-refractivity contribution in [2.45, 2.75) is 52.9 Å². The summed E-state index contributed by atoms with van der Waals surface area (Å²) in [5, 5.41) is 2.60. The number of nitrogens with one attached hydrogen (secondary N) is 1. The van der Waals surface area contributed by atoms with Crippen molar-refractivity contribution < 1.29 is 4.79 Å². The standard InChI is InChI=1S/C19H27NO/c1-19(2,3)14-8-12-17-11-7-10-16(15-17)9-5-6-13-18(21)20-4/h7,10-11,15H,6,8,12-14H2,1-4H3,(H,20,21). The van der Waals surface area contributed by atoms with E-state index in [4.69, 9.17) is 0 Å². The number of carbonyl (C=O) groups excluding carboxylic acids is 1. The molecule has 0 aliphatic rings. The fourth-order valence-corrected chi connectivity index (χ4v) is 2.09. The predicted octanol–water partition coefficient (Wildman–Crippen LogP) is 3.93. The van der Waals surface area contributed by atoms with Crippen LogP contribution in [-0.4, -0.2) is 13.0 Å². The molecule has 2 nitrogen and oxygen atoms in total. The molecule has 0 atom stereocenters. The van der Waals surface area contributed by atoms with Gasteiger partial charge >= 0.3 is 0 Å². The SMILES string of the molecule is CNC(=O)CCC#Cc1cccc(CCCC(C)(C)C)c1. The van der Waals surface area contributed by atoms with Crippen LogP contribution in [0.3, 0.4) is 0 Å². The van der Waals surface area contributed by atoms with Crippen LogP contribution in [0.15, 0.2) is 24.3 Å². The second-order valence-electron chi connectivity index (χ2n) is 6.59. The Balaban J connectivity index is 2.49. The van der Waals surface area contributed by atoms with E-state index in [0.29, 0.717) is 18.3 Å². The Bertz CT molecular complexity index is 514. The number of hydrogen-bond donors (Lipinski definition) is 1. The van der Waals surface area contributed by atoms with Crippen LogP contribution in [0.1, 0.15) is 57.6 Å². The monoisotopic (exact) mass is 285 g/mol. The van der Waals surface area contributed by atoms with Crippen molar-refractivity contribution >= 4 is 5.91 Å². The summed E-state index contributed by atoms with van der Waals surface area (Å²) in [7, 11) is 1.65. The Kier molecular flexibility index (Phi) is 7.02. The maximum Gasteiger partial charge on any atom is 0.220 e. The molecule has 0 bridgehead atoms. The summed E-state index contributed by atoms with van der Waals surface area (Å²) in [5.74, 6) is 6.25. The zero-order valence-corrected chi connectivity index (χ0v) is 13.8. The minimum atomic E-state index is 0.0419. The minimum Gasteiger partial charge on any atom is -0.359 e. The molecular weight excluding hydrogens is 258 g/mol. The Morgan fingerprint density at radius 2 is 2.05 bits per heavy atom. The van der Waals surface area contributed by atoms with Gasteiger partial charge in [-0.05, 0) is 42.4 Å². The fourth-order valence-electron chi connectivity index (χ4n) is 2.09. The van der Waals surface area contributed by atoms with Crippen LogP contribution in [0, 0.1) is 17.3 Å². The first-order valence-electron chi connectivity index (χ1n) is 7.69. The van der Waals surface area contributed by atoms with Gasteiger partial charge in [-0.3, -0.25) is 4.79 Å². The highest BCUT2D eigenvalue weighted by atomic mass is 16.1. The second kappa shape index (κ2) is 8.52. The van der Waals surface area contributed by atoms with Crippen molar-refractivity contribution in [1.82, 2.24) is 5.32 Å². The van der Waals surface area contributed by atoms with Gasteiger partial charge in [-0.2, -0.15) is 0 Å². The average molecular weight is 285 g/mol. The largest absolute Gasteiger partial charge is 0.359 e. The van der Waals surface area contributed by atoms with Gasteiger partial charge in [0.1, 0.15) is 0 Å². The van der Waals surface area contributed by atoms with Gasteiger partial charge in [-0.1, -0.05) is 44.7 Å². The molecule has 0 heterocycles. The molecule has 0 aliphatic carbocycles. The topological polar surface area (TPSA) is 29.1 Å². The summed E-state index contributed by atoms with van der Waals surface area (Å²) in [5.41, 5.74) is 2.79. The van der Waals surface area contributed by atoms with E-state index < -0.39 is 0 Å². The molecule has 2 heteroatoms. The van der Waals surface area contributed by atoms with Crippen LogP contribution in [0.4, 0.5) is 0 Å². The fraction of sp³-hybridized carbons (Fsp3) is 0.526. The third-order valence-electron chi connectivity index (χ3n) is 3.31. The zero-order valence-electron chi connectivity index (χ0n) is 13.8. The van der Waals surface area contributed by atoms with E-state index in [9.17, 15) is 4.79 Å². The van der Waals surface area contributed by atoms with Crippen LogP contribution >= 0.6 is 0 Å². The quantitative estimate of drug-likeness (QED) is 0.816. The van der Waals surface area contributed by atoms with E-state index in [1.807, 2.05) is 6.07 Å². The highest BCUT2D eigenvalue weighted by Gasteiger charge is 2.09. The third kappa shape index (κ3) is 8.19. The minimum absolute atomic E-state index is 0.0419. The Hall–Kier alpha value is -1.75. The van der Waals surface area contributed by atoms with Gasteiger partial charge in [-0.25, -0.2) is 0 Å². The van der Waals surface area contributed by atoms with Crippen LogP contribution in [0.25, 0.3) is 0 Å². The number of carbonyl (C=O) groups is 1. The number of hydrogen-bond acceptors (Lipinski definition) is 1. The van der Waals surface area contributed by atoms with Crippen molar-refractivity contribution in [3.63, 3.8) is 0 Å². The maximum atomic E-state index is 11.1. The molecule has 21 heavy (non-hydrogen) atoms. The smallest absolute Gasteiger partial charge is 0.220 e. The molecule has 0 unspecified atom stereocenters. The molecule has 1 amide bonds. The predicted molar refractivity (Wildman–Crippen MR) is 89.0 cm³/mol. The van der Waals surface area contributed by atoms with Crippen molar-refractivity contribution in [2.75, 3.05) is 7.05 Å². The van der Waals surface area contributed by atoms with Gasteiger partial charge in [0.2, 0.25) is 5.91 Å². The van der Waals surface area contributed by atoms with E-state index in [0.717, 1.165) is 12.0 Å². The van der Waals surface area contributed by atoms with Crippen LogP contribution in [-0.2, 0) is 11.2 Å². The van der Waals surface area contributed by atoms with Crippen LogP contribution < -0.4 is 5.32 Å². The van der Waals surface area contributed by atoms with E-state index in [-0.39, 0.29) is 5.91 Å². The van der Waals surface area contributed by atoms with Crippen LogP contribution in [0.2, 0.25) is 0 Å². The second-order valence-corrected chi connectivity index (χ2v) is 6.59. The van der Waals surface area contributed by atoms with Gasteiger partial charge < -0.3 is 5.32 Å². The summed E-state index contributed by atoms with van der Waals surface area (Å²) in [6.45, 7) is 6.84. The summed E-state index contributed by atoms with van der Waals surface area (Å²) >= 11 is 0. The average Bonchev–Trinajstić information content (AvgIpc) is 2.42. The normalized spacial score (nSPS) is 10.7. The maximum absolute atomic E-state index is 11.1. The van der Waals surface area contributed by atoms with E-state index >= 15 is 0 Å². The van der Waals surface area contributed by atoms with Crippen molar-refractivity contribution in [2.24, 2.45) is 5.41 Å². The molecule has 0 aliphatic heterocycles. The molecule has 114 valence electrons. The van der Waals surface area contributed by atoms with Crippen molar-refractivity contribution in [3.05, 3.63) is 35.4 Å². The molecule has 1 rings (SSSR count). The lowest BCUT2D eigenvalue weighted by Crippen LogP contribution is -2.16. The van der Waals surface area contributed by atoms with E-state index in [1.54, 1.807) is 7.05 Å². The highest BCUT2D eigenvalue weighted by Crippen LogP contribution is 2.22. The Labute approximate surface area is 129 Å². The van der Waals surface area contributed by atoms with E-state index in [2.05, 4.69) is 56.1 Å². The first kappa shape index (κ1) is 17.3. The summed E-state index contributed by atoms with van der Waals surface area (Å²) in [6.07, 6.45) is 4.61. The molecule has 0 saturated carbocycles. The Morgan fingerprint density at radius 1 is 1.29 bits per heavy atom. The zero-order chi connectivity index (χ0) is 15.7. The van der Waals surface area contributed by atoms with Gasteiger partial charge in [-0.15, -0.1) is 0 Å². The molecule has 0 fully saturated rings. The first-order chi connectivity index (χ1) is 9.90. The lowest BCUT2D eigenvalue weighted by atomic mass is 9.89. The number of aryl methyl sites for hydroxylation is 1. The summed E-state index contributed by atoms with van der Waals surface area (Å²) in [6, 6.07) is 8.42. The van der Waals surface area contributed by atoms with Crippen LogP contribution in [0.5, 0.6) is 0 Å². The molecular formula is C19H27NO. The molecule has 0 spiro atoms. The first-order valence-corrected chi connectivity index (χ1v) is 7.69. The molecule has 1 N–H and O–H groups in total. The van der Waals surface area contributed by atoms with Crippen molar-refractivity contribution in [1.29, 1.82) is 0 Å². The molecule has 0 saturated heterocycles. The van der Waals surface area contributed by atoms with Gasteiger partial charge in [0, 0.05) is 25.5 Å². The van der Waals surface area contributed by atoms with Gasteiger partial charge in [0.25, 0.3) is 0 Å². The van der Waals surface area contributed by atoms with E-state index in [1.165, 1.54) is 18.4 Å². The van der Waals surface area contributed by atoms with Gasteiger partial charge in [0.15, 0.2) is 0 Å². The lowest BCUT2D eigenvalue weighted by Gasteiger charge is -2.17. The lowest BCUT2D eigenvalue weighted by molar-refractivity contribution is -0.120. The third-order valence-corrected chi connectivity index (χ3v) is 3.31. The number of amides is 1.